The summed E-state index contributed by atoms with van der Waals surface area (Å²) in [6.07, 6.45) is 25.9. The van der Waals surface area contributed by atoms with Crippen LogP contribution in [-0.4, -0.2) is 50.6 Å². The summed E-state index contributed by atoms with van der Waals surface area (Å²) < 4.78 is 26.9. The van der Waals surface area contributed by atoms with E-state index in [4.69, 9.17) is 5.73 Å². The second-order valence-corrected chi connectivity index (χ2v) is 14.1. The standard InChI is InChI=1S/C19H35NO5.C16H33NO4S.2Na/c1-2-3-4-5-6-7-8-9-10-11-12-13-17(21)20-16(19(24)25)14-15-18(22)23;1-2-3-4-5-6-7-8-9-10-11-12-13-16(18)21-22(19,20)15-14-17;;/h16H,2-15H2,1H3,(H,20,21)(H,22,23)(H,24,25);2-15,17H2,1H3;;/q;;2*+1/p-2/t16-;;;/m0.../s1. The van der Waals surface area contributed by atoms with Gasteiger partial charge in [-0.15, -0.1) is 0 Å². The minimum atomic E-state index is -3.77. The number of nitrogens with one attached hydrogen (secondary N) is 1. The van der Waals surface area contributed by atoms with Gasteiger partial charge in [0.1, 0.15) is 0 Å². The van der Waals surface area contributed by atoms with Crippen molar-refractivity contribution in [1.82, 2.24) is 5.32 Å². The second-order valence-electron chi connectivity index (χ2n) is 12.4. The van der Waals surface area contributed by atoms with Gasteiger partial charge in [-0.25, -0.2) is 0 Å². The molecular formula is C35H66N2Na2O9S. The van der Waals surface area contributed by atoms with Crippen LogP contribution >= 0.6 is 0 Å². The van der Waals surface area contributed by atoms with E-state index in [1.54, 1.807) is 0 Å². The van der Waals surface area contributed by atoms with Gasteiger partial charge in [-0.1, -0.05) is 142 Å². The monoisotopic (exact) mass is 736 g/mol. The van der Waals surface area contributed by atoms with Crippen LogP contribution in [0, 0.1) is 0 Å². The second kappa shape index (κ2) is 40.6. The summed E-state index contributed by atoms with van der Waals surface area (Å²) in [7, 11) is -3.77. The van der Waals surface area contributed by atoms with Crippen molar-refractivity contribution in [1.29, 1.82) is 0 Å². The number of rotatable bonds is 32. The molecule has 0 unspecified atom stereocenters. The molecule has 0 radical (unpaired) electrons. The number of carboxylic acid groups (broad SMARTS) is 2. The minimum Gasteiger partial charge on any atom is -0.550 e. The summed E-state index contributed by atoms with van der Waals surface area (Å²) in [5.41, 5.74) is 5.13. The van der Waals surface area contributed by atoms with E-state index in [0.717, 1.165) is 25.7 Å². The number of nitrogens with two attached hydrogens (primary N) is 1. The third-order valence-electron chi connectivity index (χ3n) is 7.84. The van der Waals surface area contributed by atoms with E-state index in [9.17, 15) is 37.8 Å². The molecule has 49 heavy (non-hydrogen) atoms. The van der Waals surface area contributed by atoms with Crippen molar-refractivity contribution in [3.63, 3.8) is 0 Å². The van der Waals surface area contributed by atoms with Crippen molar-refractivity contribution in [2.24, 2.45) is 5.73 Å². The summed E-state index contributed by atoms with van der Waals surface area (Å²) in [5.74, 6) is -4.15. The zero-order valence-electron chi connectivity index (χ0n) is 31.5. The third kappa shape index (κ3) is 43.9. The van der Waals surface area contributed by atoms with Gasteiger partial charge in [-0.05, 0) is 25.7 Å². The number of amides is 1. The summed E-state index contributed by atoms with van der Waals surface area (Å²) in [5, 5.41) is 23.5. The first-order valence-corrected chi connectivity index (χ1v) is 19.9. The Morgan fingerprint density at radius 1 is 0.612 bits per heavy atom. The van der Waals surface area contributed by atoms with Gasteiger partial charge in [0.25, 0.3) is 0 Å². The van der Waals surface area contributed by atoms with Gasteiger partial charge in [0.05, 0.1) is 17.8 Å². The Kier molecular flexibility index (Phi) is 46.0. The average Bonchev–Trinajstić information content (AvgIpc) is 3.00. The maximum absolute atomic E-state index is 11.7. The Bertz CT molecular complexity index is 910. The molecule has 0 bridgehead atoms. The summed E-state index contributed by atoms with van der Waals surface area (Å²) in [4.78, 5) is 44.3. The number of aliphatic carboxylic acids is 2. The van der Waals surface area contributed by atoms with Gasteiger partial charge in [-0.2, -0.15) is 8.42 Å². The maximum atomic E-state index is 11.7. The van der Waals surface area contributed by atoms with E-state index in [-0.39, 0.29) is 96.6 Å². The smallest absolute Gasteiger partial charge is 0.550 e. The van der Waals surface area contributed by atoms with Crippen molar-refractivity contribution in [3.05, 3.63) is 0 Å². The fourth-order valence-corrected chi connectivity index (χ4v) is 5.77. The molecule has 14 heteroatoms. The number of carbonyl (C=O) groups excluding carboxylic acids is 4. The normalized spacial score (nSPS) is 11.2. The molecule has 0 aliphatic carbocycles. The van der Waals surface area contributed by atoms with Crippen LogP contribution in [0.3, 0.4) is 0 Å². The first-order chi connectivity index (χ1) is 22.5. The molecule has 0 rings (SSSR count). The largest absolute Gasteiger partial charge is 1.00 e. The molecule has 1 amide bonds. The minimum absolute atomic E-state index is 0. The molecule has 0 aromatic heterocycles. The number of hydrogen-bond acceptors (Lipinski definition) is 10. The van der Waals surface area contributed by atoms with Crippen molar-refractivity contribution < 1.29 is 101 Å². The Labute approximate surface area is 342 Å². The predicted octanol–water partition coefficient (Wildman–Crippen LogP) is -1.02. The number of carboxylic acids is 2. The summed E-state index contributed by atoms with van der Waals surface area (Å²) >= 11 is 0. The molecule has 278 valence electrons. The van der Waals surface area contributed by atoms with Gasteiger partial charge in [0.15, 0.2) is 0 Å². The van der Waals surface area contributed by atoms with Crippen molar-refractivity contribution >= 4 is 33.9 Å². The zero-order valence-corrected chi connectivity index (χ0v) is 36.4. The topological polar surface area (TPSA) is 196 Å². The summed E-state index contributed by atoms with van der Waals surface area (Å²) in [6.45, 7) is 4.41. The fourth-order valence-electron chi connectivity index (χ4n) is 5.03. The van der Waals surface area contributed by atoms with Crippen LogP contribution in [0.25, 0.3) is 0 Å². The van der Waals surface area contributed by atoms with Crippen molar-refractivity contribution in [2.75, 3.05) is 12.3 Å². The van der Waals surface area contributed by atoms with Gasteiger partial charge in [-0.3, -0.25) is 9.59 Å². The van der Waals surface area contributed by atoms with Crippen LogP contribution in [0.5, 0.6) is 0 Å². The predicted molar refractivity (Wildman–Crippen MR) is 182 cm³/mol. The van der Waals surface area contributed by atoms with Crippen LogP contribution < -0.4 is 80.4 Å². The molecule has 3 N–H and O–H groups in total. The number of carbonyl (C=O) groups is 4. The molecule has 0 aliphatic rings. The van der Waals surface area contributed by atoms with Gasteiger partial charge < -0.3 is 35.0 Å². The van der Waals surface area contributed by atoms with Crippen LogP contribution in [0.15, 0.2) is 0 Å². The van der Waals surface area contributed by atoms with Crippen LogP contribution in [0.2, 0.25) is 0 Å². The molecule has 0 fully saturated rings. The number of hydrogen-bond donors (Lipinski definition) is 2. The van der Waals surface area contributed by atoms with Crippen molar-refractivity contribution in [3.8, 4) is 0 Å². The van der Waals surface area contributed by atoms with Crippen LogP contribution in [0.4, 0.5) is 0 Å². The Morgan fingerprint density at radius 2 is 0.980 bits per heavy atom. The Morgan fingerprint density at radius 3 is 1.33 bits per heavy atom. The van der Waals surface area contributed by atoms with Gasteiger partial charge in [0.2, 0.25) is 5.91 Å². The van der Waals surface area contributed by atoms with Crippen molar-refractivity contribution in [2.45, 2.75) is 187 Å². The average molecular weight is 737 g/mol. The molecule has 0 saturated carbocycles. The van der Waals surface area contributed by atoms with Gasteiger partial charge >= 0.3 is 75.2 Å². The Balaban J connectivity index is -0.000000400. The molecule has 0 aliphatic heterocycles. The Hall–Kier alpha value is -0.210. The van der Waals surface area contributed by atoms with Crippen LogP contribution in [-0.2, 0) is 33.5 Å². The first kappa shape index (κ1) is 55.5. The van der Waals surface area contributed by atoms with E-state index in [0.29, 0.717) is 12.8 Å². The molecule has 11 nitrogen and oxygen atoms in total. The molecule has 0 aromatic carbocycles. The maximum Gasteiger partial charge on any atom is 1.00 e. The molecule has 0 heterocycles. The quantitative estimate of drug-likeness (QED) is 0.0490. The molecule has 0 saturated heterocycles. The van der Waals surface area contributed by atoms with E-state index in [1.807, 2.05) is 0 Å². The molecule has 0 spiro atoms. The van der Waals surface area contributed by atoms with Crippen LogP contribution in [0.1, 0.15) is 181 Å². The van der Waals surface area contributed by atoms with E-state index in [2.05, 4.69) is 23.3 Å². The van der Waals surface area contributed by atoms with E-state index < -0.39 is 40.5 Å². The van der Waals surface area contributed by atoms with E-state index >= 15 is 0 Å². The zero-order chi connectivity index (χ0) is 35.6. The molecule has 0 aromatic rings. The summed E-state index contributed by atoms with van der Waals surface area (Å²) in [6, 6.07) is -1.27. The van der Waals surface area contributed by atoms with E-state index in [1.165, 1.54) is 103 Å². The third-order valence-corrected chi connectivity index (χ3v) is 9.01. The number of unbranched alkanes of at least 4 members (excludes halogenated alkanes) is 20. The van der Waals surface area contributed by atoms with Gasteiger partial charge in [0, 0.05) is 25.4 Å². The molecule has 1 atom stereocenters. The SMILES string of the molecule is CCCCCCCCCCCCCC(=O)N[C@@H](CCC(=O)[O-])C(=O)[O-].CCCCCCCCCCCCCC(=O)OS(=O)(=O)CCN.[Na+].[Na+]. The first-order valence-electron chi connectivity index (χ1n) is 18.3. The fraction of sp³-hybridized carbons (Fsp3) is 0.886. The molecular weight excluding hydrogens is 670 g/mol.